The highest BCUT2D eigenvalue weighted by atomic mass is 15.2. The molecule has 0 bridgehead atoms. The van der Waals surface area contributed by atoms with Gasteiger partial charge in [0.1, 0.15) is 0 Å². The van der Waals surface area contributed by atoms with Gasteiger partial charge in [-0.1, -0.05) is 0 Å². The van der Waals surface area contributed by atoms with Crippen LogP contribution in [0.4, 0.5) is 0 Å². The summed E-state index contributed by atoms with van der Waals surface area (Å²) in [6.07, 6.45) is 5.73. The maximum atomic E-state index is 3.78. The number of nitrogens with one attached hydrogen (secondary N) is 1. The van der Waals surface area contributed by atoms with Crippen LogP contribution in [0.15, 0.2) is 0 Å². The first-order valence-electron chi connectivity index (χ1n) is 7.82. The Balaban J connectivity index is 1.52. The van der Waals surface area contributed by atoms with Crippen molar-refractivity contribution in [2.75, 3.05) is 46.3 Å². The first-order chi connectivity index (χ1) is 8.66. The summed E-state index contributed by atoms with van der Waals surface area (Å²) < 4.78 is 0. The molecule has 1 aliphatic carbocycles. The second kappa shape index (κ2) is 5.10. The van der Waals surface area contributed by atoms with Crippen molar-refractivity contribution in [3.63, 3.8) is 0 Å². The van der Waals surface area contributed by atoms with E-state index in [9.17, 15) is 0 Å². The largest absolute Gasteiger partial charge is 0.309 e. The number of hydrogen-bond donors (Lipinski definition) is 1. The molecule has 2 aliphatic heterocycles. The summed E-state index contributed by atoms with van der Waals surface area (Å²) in [6.45, 7) is 10.1. The highest BCUT2D eigenvalue weighted by Gasteiger charge is 2.43. The van der Waals surface area contributed by atoms with Crippen LogP contribution < -0.4 is 5.32 Å². The average molecular weight is 251 g/mol. The third-order valence-corrected chi connectivity index (χ3v) is 5.23. The summed E-state index contributed by atoms with van der Waals surface area (Å²) in [5.74, 6) is 1.86. The molecule has 3 fully saturated rings. The Morgan fingerprint density at radius 3 is 2.78 bits per heavy atom. The van der Waals surface area contributed by atoms with Crippen LogP contribution in [0.2, 0.25) is 0 Å². The summed E-state index contributed by atoms with van der Waals surface area (Å²) in [7, 11) is 2.28. The molecule has 0 spiro atoms. The molecule has 1 saturated carbocycles. The lowest BCUT2D eigenvalue weighted by Crippen LogP contribution is -2.60. The Labute approximate surface area is 112 Å². The van der Waals surface area contributed by atoms with Gasteiger partial charge >= 0.3 is 0 Å². The van der Waals surface area contributed by atoms with Crippen LogP contribution in [0.5, 0.6) is 0 Å². The van der Waals surface area contributed by atoms with E-state index in [0.717, 1.165) is 11.8 Å². The van der Waals surface area contributed by atoms with Gasteiger partial charge in [-0.15, -0.1) is 0 Å². The van der Waals surface area contributed by atoms with E-state index >= 15 is 0 Å². The van der Waals surface area contributed by atoms with Crippen molar-refractivity contribution >= 4 is 0 Å². The van der Waals surface area contributed by atoms with Gasteiger partial charge in [-0.05, 0) is 58.0 Å². The second-order valence-corrected chi connectivity index (χ2v) is 7.12. The summed E-state index contributed by atoms with van der Waals surface area (Å²) >= 11 is 0. The van der Waals surface area contributed by atoms with E-state index in [1.165, 1.54) is 65.0 Å². The molecular formula is C15H29N3. The molecule has 1 N–H and O–H groups in total. The summed E-state index contributed by atoms with van der Waals surface area (Å²) in [5.41, 5.74) is 0.415. The van der Waals surface area contributed by atoms with Gasteiger partial charge in [-0.25, -0.2) is 0 Å². The fraction of sp³-hybridized carbons (Fsp3) is 1.00. The van der Waals surface area contributed by atoms with E-state index in [2.05, 4.69) is 29.1 Å². The second-order valence-electron chi connectivity index (χ2n) is 7.12. The molecule has 2 atom stereocenters. The SMILES string of the molecule is CN1CCCC(CN2CCNC(C)(C3CC3)C2)C1. The number of nitrogens with zero attached hydrogens (tertiary/aromatic N) is 2. The highest BCUT2D eigenvalue weighted by molar-refractivity contribution is 5.02. The third kappa shape index (κ3) is 2.89. The standard InChI is InChI=1S/C15H29N3/c1-15(14-5-6-14)12-18(9-7-16-15)11-13-4-3-8-17(2)10-13/h13-14,16H,3-12H2,1-2H3. The predicted octanol–water partition coefficient (Wildman–Crippen LogP) is 1.40. The number of likely N-dealkylation sites (tertiary alicyclic amines) is 1. The molecule has 0 aromatic carbocycles. The first-order valence-corrected chi connectivity index (χ1v) is 7.82. The maximum absolute atomic E-state index is 3.78. The monoisotopic (exact) mass is 251 g/mol. The third-order valence-electron chi connectivity index (χ3n) is 5.23. The molecule has 0 amide bonds. The van der Waals surface area contributed by atoms with E-state index in [4.69, 9.17) is 0 Å². The molecule has 18 heavy (non-hydrogen) atoms. The van der Waals surface area contributed by atoms with E-state index < -0.39 is 0 Å². The summed E-state index contributed by atoms with van der Waals surface area (Å²) in [4.78, 5) is 5.25. The minimum atomic E-state index is 0.415. The predicted molar refractivity (Wildman–Crippen MR) is 75.8 cm³/mol. The number of hydrogen-bond acceptors (Lipinski definition) is 3. The van der Waals surface area contributed by atoms with Crippen molar-refractivity contribution < 1.29 is 0 Å². The van der Waals surface area contributed by atoms with Gasteiger partial charge in [0, 0.05) is 38.3 Å². The van der Waals surface area contributed by atoms with Crippen molar-refractivity contribution in [1.82, 2.24) is 15.1 Å². The van der Waals surface area contributed by atoms with Crippen LogP contribution in [-0.4, -0.2) is 61.7 Å². The van der Waals surface area contributed by atoms with E-state index in [-0.39, 0.29) is 0 Å². The van der Waals surface area contributed by atoms with Crippen LogP contribution in [0.3, 0.4) is 0 Å². The Hall–Kier alpha value is -0.120. The summed E-state index contributed by atoms with van der Waals surface area (Å²) in [5, 5.41) is 3.78. The lowest BCUT2D eigenvalue weighted by Gasteiger charge is -2.44. The zero-order valence-electron chi connectivity index (χ0n) is 12.1. The molecule has 0 aromatic rings. The molecule has 2 saturated heterocycles. The fourth-order valence-corrected chi connectivity index (χ4v) is 4.04. The van der Waals surface area contributed by atoms with Crippen molar-refractivity contribution in [3.8, 4) is 0 Å². The van der Waals surface area contributed by atoms with Crippen molar-refractivity contribution in [2.24, 2.45) is 11.8 Å². The molecule has 3 nitrogen and oxygen atoms in total. The fourth-order valence-electron chi connectivity index (χ4n) is 4.04. The Bertz CT molecular complexity index is 289. The van der Waals surface area contributed by atoms with E-state index in [0.29, 0.717) is 5.54 Å². The number of piperazine rings is 1. The van der Waals surface area contributed by atoms with Crippen molar-refractivity contribution in [1.29, 1.82) is 0 Å². The van der Waals surface area contributed by atoms with Crippen LogP contribution in [0, 0.1) is 11.8 Å². The van der Waals surface area contributed by atoms with Crippen LogP contribution in [0.1, 0.15) is 32.6 Å². The van der Waals surface area contributed by atoms with Gasteiger partial charge < -0.3 is 10.2 Å². The van der Waals surface area contributed by atoms with Gasteiger partial charge in [0.05, 0.1) is 0 Å². The molecule has 0 radical (unpaired) electrons. The molecule has 2 unspecified atom stereocenters. The minimum Gasteiger partial charge on any atom is -0.309 e. The Kier molecular flexibility index (Phi) is 3.65. The van der Waals surface area contributed by atoms with Crippen LogP contribution in [-0.2, 0) is 0 Å². The first kappa shape index (κ1) is 12.9. The molecule has 3 heteroatoms. The average Bonchev–Trinajstić information content (AvgIpc) is 3.13. The van der Waals surface area contributed by atoms with Gasteiger partial charge in [0.25, 0.3) is 0 Å². The van der Waals surface area contributed by atoms with Gasteiger partial charge in [-0.2, -0.15) is 0 Å². The van der Waals surface area contributed by atoms with Crippen molar-refractivity contribution in [2.45, 2.75) is 38.1 Å². The van der Waals surface area contributed by atoms with Gasteiger partial charge in [0.15, 0.2) is 0 Å². The molecule has 3 rings (SSSR count). The van der Waals surface area contributed by atoms with Crippen LogP contribution >= 0.6 is 0 Å². The molecule has 104 valence electrons. The normalized spacial score (nSPS) is 40.0. The quantitative estimate of drug-likeness (QED) is 0.818. The minimum absolute atomic E-state index is 0.415. The zero-order valence-corrected chi connectivity index (χ0v) is 12.1. The molecular weight excluding hydrogens is 222 g/mol. The topological polar surface area (TPSA) is 18.5 Å². The van der Waals surface area contributed by atoms with Gasteiger partial charge in [-0.3, -0.25) is 4.90 Å². The zero-order chi connectivity index (χ0) is 12.6. The van der Waals surface area contributed by atoms with E-state index in [1.807, 2.05) is 0 Å². The lowest BCUT2D eigenvalue weighted by molar-refractivity contribution is 0.0901. The van der Waals surface area contributed by atoms with Crippen molar-refractivity contribution in [3.05, 3.63) is 0 Å². The van der Waals surface area contributed by atoms with Crippen LogP contribution in [0.25, 0.3) is 0 Å². The maximum Gasteiger partial charge on any atom is 0.0309 e. The van der Waals surface area contributed by atoms with Gasteiger partial charge in [0.2, 0.25) is 0 Å². The number of piperidine rings is 1. The molecule has 0 aromatic heterocycles. The molecule has 2 heterocycles. The molecule has 3 aliphatic rings. The van der Waals surface area contributed by atoms with E-state index in [1.54, 1.807) is 0 Å². The Morgan fingerprint density at radius 1 is 1.22 bits per heavy atom. The summed E-state index contributed by atoms with van der Waals surface area (Å²) in [6, 6.07) is 0. The number of rotatable bonds is 3. The lowest BCUT2D eigenvalue weighted by atomic mass is 9.91. The Morgan fingerprint density at radius 2 is 2.06 bits per heavy atom. The smallest absolute Gasteiger partial charge is 0.0309 e. The highest BCUT2D eigenvalue weighted by Crippen LogP contribution is 2.40.